The molecule has 2 fully saturated rings. The summed E-state index contributed by atoms with van der Waals surface area (Å²) in [6.07, 6.45) is 7.41. The minimum atomic E-state index is -0.357. The molecule has 3 atom stereocenters. The summed E-state index contributed by atoms with van der Waals surface area (Å²) < 4.78 is 6.13. The van der Waals surface area contributed by atoms with Gasteiger partial charge in [-0.1, -0.05) is 24.3 Å². The number of ether oxygens (including phenoxy) is 1. The number of anilines is 1. The van der Waals surface area contributed by atoms with Crippen molar-refractivity contribution in [2.45, 2.75) is 69.4 Å². The third-order valence-electron chi connectivity index (χ3n) is 6.47. The number of rotatable bonds is 5. The van der Waals surface area contributed by atoms with E-state index < -0.39 is 0 Å². The summed E-state index contributed by atoms with van der Waals surface area (Å²) >= 11 is 0. The second-order valence-electron chi connectivity index (χ2n) is 8.35. The zero-order valence-electron chi connectivity index (χ0n) is 16.1. The van der Waals surface area contributed by atoms with Crippen molar-refractivity contribution in [2.24, 2.45) is 0 Å². The van der Waals surface area contributed by atoms with Gasteiger partial charge >= 0.3 is 0 Å². The van der Waals surface area contributed by atoms with Crippen molar-refractivity contribution in [2.75, 3.05) is 11.9 Å². The van der Waals surface area contributed by atoms with Gasteiger partial charge in [-0.15, -0.1) is 0 Å². The van der Waals surface area contributed by atoms with E-state index in [4.69, 9.17) is 4.74 Å². The first-order valence-corrected chi connectivity index (χ1v) is 10.5. The Kier molecular flexibility index (Phi) is 4.91. The molecule has 2 N–H and O–H groups in total. The minimum Gasteiger partial charge on any atom is -0.474 e. The van der Waals surface area contributed by atoms with Crippen LogP contribution in [0, 0.1) is 0 Å². The van der Waals surface area contributed by atoms with Gasteiger partial charge in [0, 0.05) is 44.1 Å². The van der Waals surface area contributed by atoms with Gasteiger partial charge in [0.25, 0.3) is 0 Å². The normalized spacial score (nSPS) is 27.8. The molecule has 6 heteroatoms. The molecular weight excluding hydrogens is 352 g/mol. The van der Waals surface area contributed by atoms with E-state index in [1.807, 2.05) is 6.07 Å². The molecule has 1 aromatic heterocycles. The fourth-order valence-electron chi connectivity index (χ4n) is 4.65. The number of nitrogens with one attached hydrogen (secondary N) is 1. The predicted octanol–water partition coefficient (Wildman–Crippen LogP) is 2.77. The molecule has 5 rings (SSSR count). The van der Waals surface area contributed by atoms with Crippen molar-refractivity contribution >= 4 is 5.82 Å². The Balaban J connectivity index is 1.21. The van der Waals surface area contributed by atoms with E-state index in [-0.39, 0.29) is 18.2 Å². The molecule has 2 heterocycles. The molecule has 0 saturated heterocycles. The van der Waals surface area contributed by atoms with Crippen LogP contribution in [0.25, 0.3) is 0 Å². The van der Waals surface area contributed by atoms with Gasteiger partial charge in [0.15, 0.2) is 0 Å². The highest BCUT2D eigenvalue weighted by Gasteiger charge is 2.39. The molecule has 0 spiro atoms. The van der Waals surface area contributed by atoms with Crippen molar-refractivity contribution in [1.82, 2.24) is 14.9 Å². The van der Waals surface area contributed by atoms with Crippen LogP contribution in [0.4, 0.5) is 5.82 Å². The quantitative estimate of drug-likeness (QED) is 0.831. The molecule has 28 heavy (non-hydrogen) atoms. The second-order valence-corrected chi connectivity index (χ2v) is 8.35. The first-order valence-electron chi connectivity index (χ1n) is 10.5. The summed E-state index contributed by atoms with van der Waals surface area (Å²) in [6, 6.07) is 11.2. The molecule has 2 aliphatic carbocycles. The predicted molar refractivity (Wildman–Crippen MR) is 107 cm³/mol. The zero-order chi connectivity index (χ0) is 18.9. The molecule has 6 nitrogen and oxygen atoms in total. The van der Waals surface area contributed by atoms with E-state index >= 15 is 0 Å². The van der Waals surface area contributed by atoms with Crippen LogP contribution in [0.15, 0.2) is 36.7 Å². The number of hydrogen-bond acceptors (Lipinski definition) is 6. The molecule has 2 aromatic rings. The van der Waals surface area contributed by atoms with Crippen LogP contribution >= 0.6 is 0 Å². The van der Waals surface area contributed by atoms with E-state index in [0.717, 1.165) is 31.7 Å². The fraction of sp³-hybridized carbons (Fsp3) is 0.545. The highest BCUT2D eigenvalue weighted by molar-refractivity contribution is 5.38. The molecule has 1 aromatic carbocycles. The highest BCUT2D eigenvalue weighted by atomic mass is 16.5. The Morgan fingerprint density at radius 1 is 1.11 bits per heavy atom. The standard InChI is InChI=1S/C22H28N4O2/c27-20-11-18(28-22-12-21(23-14-24-22)25-17-6-3-7-17)10-19(20)26-9-8-15-4-1-2-5-16(15)13-26/h1-2,4-5,12,14,17-20,27H,3,6-11,13H2,(H,23,24,25)/t18-,19+,20+/m0/s1. The van der Waals surface area contributed by atoms with Crippen LogP contribution in [0.3, 0.4) is 0 Å². The SMILES string of the molecule is O[C@@H]1C[C@@H](Oc2cc(NC3CCC3)ncn2)C[C@H]1N1CCc2ccccc2C1. The van der Waals surface area contributed by atoms with Crippen LogP contribution in [-0.2, 0) is 13.0 Å². The molecule has 0 radical (unpaired) electrons. The molecule has 0 amide bonds. The number of aliphatic hydroxyl groups is 1. The molecule has 0 unspecified atom stereocenters. The summed E-state index contributed by atoms with van der Waals surface area (Å²) in [5.41, 5.74) is 2.82. The summed E-state index contributed by atoms with van der Waals surface area (Å²) in [6.45, 7) is 1.90. The molecule has 3 aliphatic rings. The molecule has 0 bridgehead atoms. The molecule has 1 aliphatic heterocycles. The summed E-state index contributed by atoms with van der Waals surface area (Å²) in [5.74, 6) is 1.43. The van der Waals surface area contributed by atoms with Crippen molar-refractivity contribution in [3.05, 3.63) is 47.8 Å². The topological polar surface area (TPSA) is 70.5 Å². The van der Waals surface area contributed by atoms with Crippen LogP contribution in [-0.4, -0.2) is 50.8 Å². The third-order valence-corrected chi connectivity index (χ3v) is 6.47. The van der Waals surface area contributed by atoms with Crippen LogP contribution < -0.4 is 10.1 Å². The lowest BCUT2D eigenvalue weighted by molar-refractivity contribution is 0.0625. The summed E-state index contributed by atoms with van der Waals surface area (Å²) in [7, 11) is 0. The molecule has 148 valence electrons. The zero-order valence-corrected chi connectivity index (χ0v) is 16.1. The lowest BCUT2D eigenvalue weighted by Crippen LogP contribution is -2.43. The van der Waals surface area contributed by atoms with Crippen molar-refractivity contribution in [3.8, 4) is 5.88 Å². The van der Waals surface area contributed by atoms with Gasteiger partial charge in [0.1, 0.15) is 18.2 Å². The van der Waals surface area contributed by atoms with E-state index in [1.54, 1.807) is 6.33 Å². The van der Waals surface area contributed by atoms with Gasteiger partial charge in [0.2, 0.25) is 5.88 Å². The fourth-order valence-corrected chi connectivity index (χ4v) is 4.65. The largest absolute Gasteiger partial charge is 0.474 e. The first-order chi connectivity index (χ1) is 13.7. The Labute approximate surface area is 166 Å². The van der Waals surface area contributed by atoms with E-state index in [1.165, 1.54) is 30.4 Å². The van der Waals surface area contributed by atoms with Crippen LogP contribution in [0.5, 0.6) is 5.88 Å². The second kappa shape index (κ2) is 7.68. The van der Waals surface area contributed by atoms with Crippen molar-refractivity contribution in [3.63, 3.8) is 0 Å². The van der Waals surface area contributed by atoms with Crippen molar-refractivity contribution in [1.29, 1.82) is 0 Å². The first kappa shape index (κ1) is 17.9. The Morgan fingerprint density at radius 3 is 2.79 bits per heavy atom. The van der Waals surface area contributed by atoms with Crippen LogP contribution in [0.1, 0.15) is 43.2 Å². The highest BCUT2D eigenvalue weighted by Crippen LogP contribution is 2.32. The van der Waals surface area contributed by atoms with Gasteiger partial charge in [-0.05, 0) is 36.8 Å². The lowest BCUT2D eigenvalue weighted by Gasteiger charge is -2.35. The van der Waals surface area contributed by atoms with Gasteiger partial charge in [0.05, 0.1) is 6.10 Å². The Morgan fingerprint density at radius 2 is 1.96 bits per heavy atom. The maximum absolute atomic E-state index is 10.7. The number of aromatic nitrogens is 2. The van der Waals surface area contributed by atoms with E-state index in [2.05, 4.69) is 44.5 Å². The molecular formula is C22H28N4O2. The van der Waals surface area contributed by atoms with Crippen LogP contribution in [0.2, 0.25) is 0 Å². The maximum Gasteiger partial charge on any atom is 0.218 e. The molecule has 2 saturated carbocycles. The van der Waals surface area contributed by atoms with Gasteiger partial charge in [-0.2, -0.15) is 0 Å². The Bertz CT molecular complexity index is 826. The number of hydrogen-bond donors (Lipinski definition) is 2. The smallest absolute Gasteiger partial charge is 0.218 e. The number of fused-ring (bicyclic) bond motifs is 1. The Hall–Kier alpha value is -2.18. The third kappa shape index (κ3) is 3.71. The lowest BCUT2D eigenvalue weighted by atomic mass is 9.93. The van der Waals surface area contributed by atoms with Gasteiger partial charge in [-0.25, -0.2) is 9.97 Å². The maximum atomic E-state index is 10.7. The monoisotopic (exact) mass is 380 g/mol. The minimum absolute atomic E-state index is 0.0105. The number of aliphatic hydroxyl groups excluding tert-OH is 1. The van der Waals surface area contributed by atoms with Gasteiger partial charge in [-0.3, -0.25) is 4.90 Å². The van der Waals surface area contributed by atoms with E-state index in [9.17, 15) is 5.11 Å². The van der Waals surface area contributed by atoms with E-state index in [0.29, 0.717) is 18.3 Å². The average Bonchev–Trinajstić information content (AvgIpc) is 3.05. The van der Waals surface area contributed by atoms with Crippen molar-refractivity contribution < 1.29 is 9.84 Å². The summed E-state index contributed by atoms with van der Waals surface area (Å²) in [5, 5.41) is 14.1. The van der Waals surface area contributed by atoms with Gasteiger partial charge < -0.3 is 15.2 Å². The number of nitrogens with zero attached hydrogens (tertiary/aromatic N) is 3. The summed E-state index contributed by atoms with van der Waals surface area (Å²) in [4.78, 5) is 11.0. The number of benzene rings is 1. The average molecular weight is 380 g/mol.